The fraction of sp³-hybridized carbons (Fsp3) is 0.263. The van der Waals surface area contributed by atoms with Crippen LogP contribution in [0, 0.1) is 6.92 Å². The Morgan fingerprint density at radius 3 is 2.81 bits per heavy atom. The number of hydrogen-bond acceptors (Lipinski definition) is 4. The maximum absolute atomic E-state index is 13.1. The van der Waals surface area contributed by atoms with Crippen LogP contribution in [0.15, 0.2) is 41.3 Å². The van der Waals surface area contributed by atoms with E-state index in [0.29, 0.717) is 31.0 Å². The van der Waals surface area contributed by atoms with E-state index in [4.69, 9.17) is 9.47 Å². The minimum atomic E-state index is -3.60. The molecule has 134 valence electrons. The number of hydrogen-bond donors (Lipinski definition) is 1. The predicted molar refractivity (Wildman–Crippen MR) is 96.9 cm³/mol. The number of nitrogens with one attached hydrogen (secondary N) is 1. The molecule has 1 aromatic heterocycles. The Bertz CT molecular complexity index is 1130. The highest BCUT2D eigenvalue weighted by atomic mass is 32.2. The number of ether oxygens (including phenoxy) is 2. The van der Waals surface area contributed by atoms with Gasteiger partial charge in [-0.2, -0.15) is 4.31 Å². The van der Waals surface area contributed by atoms with Gasteiger partial charge in [0.15, 0.2) is 11.5 Å². The van der Waals surface area contributed by atoms with Gasteiger partial charge < -0.3 is 14.5 Å². The summed E-state index contributed by atoms with van der Waals surface area (Å²) in [5.74, 6) is 1.06. The van der Waals surface area contributed by atoms with Gasteiger partial charge in [-0.25, -0.2) is 8.42 Å². The van der Waals surface area contributed by atoms with Gasteiger partial charge in [-0.05, 0) is 36.2 Å². The molecule has 2 aliphatic rings. The highest BCUT2D eigenvalue weighted by Crippen LogP contribution is 2.36. The van der Waals surface area contributed by atoms with Gasteiger partial charge in [0.1, 0.15) is 0 Å². The van der Waals surface area contributed by atoms with Gasteiger partial charge in [-0.15, -0.1) is 0 Å². The Kier molecular flexibility index (Phi) is 3.32. The fourth-order valence-electron chi connectivity index (χ4n) is 3.70. The third-order valence-electron chi connectivity index (χ3n) is 5.08. The second kappa shape index (κ2) is 5.49. The standard InChI is InChI=1S/C19H18N2O4S/c1-12-2-4-14-15-10-21(7-6-16(15)20-17(14)8-12)26(22,23)13-3-5-18-19(9-13)25-11-24-18/h2-5,8-9,20H,6-7,10-11H2,1H3. The molecule has 0 fully saturated rings. The molecule has 0 saturated carbocycles. The molecule has 5 rings (SSSR count). The van der Waals surface area contributed by atoms with Crippen LogP contribution in [-0.2, 0) is 23.0 Å². The average Bonchev–Trinajstić information content (AvgIpc) is 3.23. The van der Waals surface area contributed by atoms with Crippen molar-refractivity contribution in [1.29, 1.82) is 0 Å². The van der Waals surface area contributed by atoms with Gasteiger partial charge >= 0.3 is 0 Å². The number of H-pyrrole nitrogens is 1. The largest absolute Gasteiger partial charge is 0.454 e. The molecule has 0 unspecified atom stereocenters. The molecular formula is C19H18N2O4S. The van der Waals surface area contributed by atoms with Crippen LogP contribution in [0.3, 0.4) is 0 Å². The van der Waals surface area contributed by atoms with Crippen molar-refractivity contribution >= 4 is 20.9 Å². The first-order valence-corrected chi connectivity index (χ1v) is 9.96. The van der Waals surface area contributed by atoms with E-state index in [0.717, 1.165) is 22.2 Å². The third-order valence-corrected chi connectivity index (χ3v) is 6.92. The molecule has 0 saturated heterocycles. The Hall–Kier alpha value is -2.51. The summed E-state index contributed by atoms with van der Waals surface area (Å²) in [6.45, 7) is 3.00. The van der Waals surface area contributed by atoms with E-state index >= 15 is 0 Å². The summed E-state index contributed by atoms with van der Waals surface area (Å²) in [5, 5.41) is 1.09. The topological polar surface area (TPSA) is 71.6 Å². The van der Waals surface area contributed by atoms with Gasteiger partial charge in [-0.3, -0.25) is 0 Å². The van der Waals surface area contributed by atoms with Crippen molar-refractivity contribution in [1.82, 2.24) is 9.29 Å². The van der Waals surface area contributed by atoms with Crippen LogP contribution in [-0.4, -0.2) is 31.0 Å². The molecular weight excluding hydrogens is 352 g/mol. The van der Waals surface area contributed by atoms with Crippen molar-refractivity contribution in [2.75, 3.05) is 13.3 Å². The van der Waals surface area contributed by atoms with Crippen molar-refractivity contribution in [3.8, 4) is 11.5 Å². The molecule has 2 aromatic carbocycles. The zero-order valence-corrected chi connectivity index (χ0v) is 15.1. The summed E-state index contributed by atoms with van der Waals surface area (Å²) in [7, 11) is -3.60. The van der Waals surface area contributed by atoms with Crippen LogP contribution in [0.1, 0.15) is 16.8 Å². The number of benzene rings is 2. The summed E-state index contributed by atoms with van der Waals surface area (Å²) >= 11 is 0. The van der Waals surface area contributed by atoms with Crippen LogP contribution in [0.25, 0.3) is 10.9 Å². The van der Waals surface area contributed by atoms with Crippen molar-refractivity contribution in [3.63, 3.8) is 0 Å². The van der Waals surface area contributed by atoms with Crippen molar-refractivity contribution in [3.05, 3.63) is 53.2 Å². The lowest BCUT2D eigenvalue weighted by molar-refractivity contribution is 0.174. The van der Waals surface area contributed by atoms with E-state index in [-0.39, 0.29) is 11.7 Å². The molecule has 0 atom stereocenters. The molecule has 0 amide bonds. The monoisotopic (exact) mass is 370 g/mol. The highest BCUT2D eigenvalue weighted by Gasteiger charge is 2.31. The summed E-state index contributed by atoms with van der Waals surface area (Å²) < 4.78 is 38.4. The van der Waals surface area contributed by atoms with Gasteiger partial charge in [0, 0.05) is 42.2 Å². The quantitative estimate of drug-likeness (QED) is 0.753. The predicted octanol–water partition coefficient (Wildman–Crippen LogP) is 2.95. The summed E-state index contributed by atoms with van der Waals surface area (Å²) in [6.07, 6.45) is 0.673. The number of aryl methyl sites for hydroxylation is 1. The Morgan fingerprint density at radius 1 is 1.08 bits per heavy atom. The highest BCUT2D eigenvalue weighted by molar-refractivity contribution is 7.89. The maximum atomic E-state index is 13.1. The van der Waals surface area contributed by atoms with E-state index in [1.807, 2.05) is 0 Å². The van der Waals surface area contributed by atoms with Crippen molar-refractivity contribution in [2.45, 2.75) is 24.8 Å². The SMILES string of the molecule is Cc1ccc2c3c([nH]c2c1)CCN(S(=O)(=O)c1ccc2c(c1)OCO2)C3. The Balaban J connectivity index is 1.53. The molecule has 1 N–H and O–H groups in total. The number of rotatable bonds is 2. The van der Waals surface area contributed by atoms with E-state index in [9.17, 15) is 8.42 Å². The molecule has 3 heterocycles. The van der Waals surface area contributed by atoms with Crippen LogP contribution in [0.5, 0.6) is 11.5 Å². The average molecular weight is 370 g/mol. The second-order valence-electron chi connectivity index (χ2n) is 6.73. The van der Waals surface area contributed by atoms with E-state index < -0.39 is 10.0 Å². The first kappa shape index (κ1) is 15.7. The fourth-order valence-corrected chi connectivity index (χ4v) is 5.13. The zero-order chi connectivity index (χ0) is 17.9. The van der Waals surface area contributed by atoms with Crippen molar-refractivity contribution in [2.24, 2.45) is 0 Å². The minimum absolute atomic E-state index is 0.126. The lowest BCUT2D eigenvalue weighted by Gasteiger charge is -2.26. The second-order valence-corrected chi connectivity index (χ2v) is 8.67. The first-order chi connectivity index (χ1) is 12.5. The normalized spacial score (nSPS) is 16.8. The van der Waals surface area contributed by atoms with E-state index in [2.05, 4.69) is 30.1 Å². The molecule has 0 aliphatic carbocycles. The number of fused-ring (bicyclic) bond motifs is 4. The van der Waals surface area contributed by atoms with Crippen molar-refractivity contribution < 1.29 is 17.9 Å². The first-order valence-electron chi connectivity index (χ1n) is 8.52. The summed E-state index contributed by atoms with van der Waals surface area (Å²) in [5.41, 5.74) is 4.44. The third kappa shape index (κ3) is 2.31. The molecule has 0 spiro atoms. The lowest BCUT2D eigenvalue weighted by Crippen LogP contribution is -2.35. The number of nitrogens with zero attached hydrogens (tertiary/aromatic N) is 1. The number of aromatic nitrogens is 1. The lowest BCUT2D eigenvalue weighted by atomic mass is 10.1. The van der Waals surface area contributed by atoms with Crippen LogP contribution in [0.4, 0.5) is 0 Å². The van der Waals surface area contributed by atoms with Crippen LogP contribution in [0.2, 0.25) is 0 Å². The number of sulfonamides is 1. The van der Waals surface area contributed by atoms with Gasteiger partial charge in [-0.1, -0.05) is 12.1 Å². The molecule has 2 aliphatic heterocycles. The molecule has 26 heavy (non-hydrogen) atoms. The van der Waals surface area contributed by atoms with Crippen LogP contribution >= 0.6 is 0 Å². The summed E-state index contributed by atoms with van der Waals surface area (Å²) in [4.78, 5) is 3.68. The van der Waals surface area contributed by atoms with E-state index in [1.54, 1.807) is 22.5 Å². The minimum Gasteiger partial charge on any atom is -0.454 e. The molecule has 0 bridgehead atoms. The summed E-state index contributed by atoms with van der Waals surface area (Å²) in [6, 6.07) is 11.0. The zero-order valence-electron chi connectivity index (χ0n) is 14.3. The van der Waals surface area contributed by atoms with Gasteiger partial charge in [0.25, 0.3) is 0 Å². The van der Waals surface area contributed by atoms with Gasteiger partial charge in [0.05, 0.1) is 4.90 Å². The molecule has 0 radical (unpaired) electrons. The van der Waals surface area contributed by atoms with E-state index in [1.165, 1.54) is 5.56 Å². The Labute approximate surface area is 151 Å². The Morgan fingerprint density at radius 2 is 1.92 bits per heavy atom. The number of aromatic amines is 1. The van der Waals surface area contributed by atoms with Gasteiger partial charge in [0.2, 0.25) is 16.8 Å². The maximum Gasteiger partial charge on any atom is 0.243 e. The molecule has 6 nitrogen and oxygen atoms in total. The smallest absolute Gasteiger partial charge is 0.243 e. The van der Waals surface area contributed by atoms with Crippen LogP contribution < -0.4 is 9.47 Å². The molecule has 3 aromatic rings. The molecule has 7 heteroatoms.